The second kappa shape index (κ2) is 16.7. The van der Waals surface area contributed by atoms with E-state index in [4.69, 9.17) is 0 Å². The van der Waals surface area contributed by atoms with Crippen LogP contribution in [0.5, 0.6) is 0 Å². The van der Waals surface area contributed by atoms with E-state index in [-0.39, 0.29) is 0 Å². The van der Waals surface area contributed by atoms with Crippen molar-refractivity contribution in [1.29, 1.82) is 0 Å². The molecule has 0 saturated heterocycles. The lowest BCUT2D eigenvalue weighted by Crippen LogP contribution is -1.83. The summed E-state index contributed by atoms with van der Waals surface area (Å²) in [5, 5.41) is 0. The highest BCUT2D eigenvalue weighted by Gasteiger charge is 1.93. The van der Waals surface area contributed by atoms with Gasteiger partial charge < -0.3 is 0 Å². The molecule has 0 nitrogen and oxygen atoms in total. The Morgan fingerprint density at radius 2 is 0.765 bits per heavy atom. The van der Waals surface area contributed by atoms with Crippen LogP contribution < -0.4 is 0 Å². The van der Waals surface area contributed by atoms with Crippen molar-refractivity contribution in [3.05, 3.63) is 6.92 Å². The van der Waals surface area contributed by atoms with Gasteiger partial charge in [-0.2, -0.15) is 0 Å². The van der Waals surface area contributed by atoms with Crippen molar-refractivity contribution in [2.24, 2.45) is 0 Å². The van der Waals surface area contributed by atoms with Gasteiger partial charge in [0.1, 0.15) is 0 Å². The fourth-order valence-electron chi connectivity index (χ4n) is 2.22. The smallest absolute Gasteiger partial charge is 0.000473 e. The minimum atomic E-state index is 1.12. The second-order valence-electron chi connectivity index (χ2n) is 5.14. The molecule has 0 amide bonds. The summed E-state index contributed by atoms with van der Waals surface area (Å²) < 4.78 is 1.34. The molecule has 0 aliphatic carbocycles. The van der Waals surface area contributed by atoms with Crippen LogP contribution in [0.25, 0.3) is 0 Å². The van der Waals surface area contributed by atoms with Crippen molar-refractivity contribution in [3.8, 4) is 0 Å². The van der Waals surface area contributed by atoms with Crippen molar-refractivity contribution in [1.82, 2.24) is 0 Å². The fraction of sp³-hybridized carbons (Fsp3) is 0.938. The molecule has 0 fully saturated rings. The lowest BCUT2D eigenvalue weighted by molar-refractivity contribution is 0.540. The predicted molar refractivity (Wildman–Crippen MR) is 88.9 cm³/mol. The molecule has 0 aromatic rings. The molecule has 103 valence electrons. The van der Waals surface area contributed by atoms with Gasteiger partial charge in [0, 0.05) is 0 Å². The summed E-state index contributed by atoms with van der Waals surface area (Å²) in [5.41, 5.74) is 0. The van der Waals surface area contributed by atoms with E-state index in [1.54, 1.807) is 0 Å². The van der Waals surface area contributed by atoms with Gasteiger partial charge >= 0.3 is 0 Å². The molecule has 0 aromatic carbocycles. The Morgan fingerprint density at radius 3 is 1.06 bits per heavy atom. The van der Waals surface area contributed by atoms with E-state index < -0.39 is 0 Å². The van der Waals surface area contributed by atoms with Crippen LogP contribution in [-0.4, -0.2) is 4.43 Å². The fourth-order valence-corrected chi connectivity index (χ4v) is 2.76. The average molecular weight is 351 g/mol. The number of hydrogen-bond donors (Lipinski definition) is 0. The van der Waals surface area contributed by atoms with Crippen molar-refractivity contribution >= 4 is 22.6 Å². The number of rotatable bonds is 14. The average Bonchev–Trinajstić information content (AvgIpc) is 2.35. The molecule has 0 aliphatic heterocycles. The van der Waals surface area contributed by atoms with Crippen LogP contribution in [-0.2, 0) is 0 Å². The van der Waals surface area contributed by atoms with Crippen molar-refractivity contribution in [3.63, 3.8) is 0 Å². The SMILES string of the molecule is [CH2]CCCCCCCCCCCCCCCI. The highest BCUT2D eigenvalue weighted by atomic mass is 127. The number of halogens is 1. The minimum Gasteiger partial charge on any atom is -0.0864 e. The first-order valence-corrected chi connectivity index (χ1v) is 9.29. The lowest BCUT2D eigenvalue weighted by Gasteiger charge is -2.02. The van der Waals surface area contributed by atoms with Crippen LogP contribution in [0.2, 0.25) is 0 Å². The lowest BCUT2D eigenvalue weighted by atomic mass is 10.0. The third-order valence-corrected chi connectivity index (χ3v) is 4.15. The summed E-state index contributed by atoms with van der Waals surface area (Å²) in [6.45, 7) is 3.88. The van der Waals surface area contributed by atoms with Crippen molar-refractivity contribution < 1.29 is 0 Å². The van der Waals surface area contributed by atoms with Gasteiger partial charge in [0.2, 0.25) is 0 Å². The summed E-state index contributed by atoms with van der Waals surface area (Å²) in [6, 6.07) is 0. The Bertz CT molecular complexity index is 109. The normalized spacial score (nSPS) is 10.9. The largest absolute Gasteiger partial charge is 0.0864 e. The van der Waals surface area contributed by atoms with Crippen LogP contribution in [0, 0.1) is 6.92 Å². The first kappa shape index (κ1) is 17.7. The summed E-state index contributed by atoms with van der Waals surface area (Å²) in [6.07, 6.45) is 19.9. The van der Waals surface area contributed by atoms with E-state index in [9.17, 15) is 0 Å². The second-order valence-corrected chi connectivity index (χ2v) is 6.22. The molecule has 0 N–H and O–H groups in total. The monoisotopic (exact) mass is 351 g/mol. The summed E-state index contributed by atoms with van der Waals surface area (Å²) in [7, 11) is 0. The van der Waals surface area contributed by atoms with Gasteiger partial charge in [-0.1, -0.05) is 113 Å². The molecule has 1 radical (unpaired) electrons. The molecule has 0 saturated carbocycles. The first-order valence-electron chi connectivity index (χ1n) is 7.77. The van der Waals surface area contributed by atoms with E-state index >= 15 is 0 Å². The Kier molecular flexibility index (Phi) is 17.4. The molecule has 0 spiro atoms. The maximum absolute atomic E-state index is 3.88. The molecule has 17 heavy (non-hydrogen) atoms. The summed E-state index contributed by atoms with van der Waals surface area (Å²) in [5.74, 6) is 0. The number of unbranched alkanes of at least 4 members (excludes halogenated alkanes) is 13. The van der Waals surface area contributed by atoms with Crippen LogP contribution in [0.4, 0.5) is 0 Å². The van der Waals surface area contributed by atoms with E-state index in [0.717, 1.165) is 6.42 Å². The Morgan fingerprint density at radius 1 is 0.471 bits per heavy atom. The van der Waals surface area contributed by atoms with E-state index in [2.05, 4.69) is 29.5 Å². The molecule has 0 heterocycles. The van der Waals surface area contributed by atoms with Gasteiger partial charge in [-0.05, 0) is 10.8 Å². The maximum atomic E-state index is 3.88. The predicted octanol–water partition coefficient (Wildman–Crippen LogP) is 6.72. The van der Waals surface area contributed by atoms with Crippen LogP contribution >= 0.6 is 22.6 Å². The summed E-state index contributed by atoms with van der Waals surface area (Å²) >= 11 is 2.48. The molecule has 0 aromatic heterocycles. The van der Waals surface area contributed by atoms with Crippen molar-refractivity contribution in [2.75, 3.05) is 4.43 Å². The van der Waals surface area contributed by atoms with Gasteiger partial charge in [-0.15, -0.1) is 0 Å². The zero-order valence-corrected chi connectivity index (χ0v) is 13.8. The maximum Gasteiger partial charge on any atom is -0.000473 e. The zero-order valence-electron chi connectivity index (χ0n) is 11.7. The molecule has 0 unspecified atom stereocenters. The molecule has 0 rings (SSSR count). The topological polar surface area (TPSA) is 0 Å². The highest BCUT2D eigenvalue weighted by molar-refractivity contribution is 14.1. The van der Waals surface area contributed by atoms with E-state index in [1.165, 1.54) is 87.9 Å². The van der Waals surface area contributed by atoms with Crippen LogP contribution in [0.3, 0.4) is 0 Å². The number of hydrogen-bond acceptors (Lipinski definition) is 0. The van der Waals surface area contributed by atoms with Crippen molar-refractivity contribution in [2.45, 2.75) is 89.9 Å². The van der Waals surface area contributed by atoms with Crippen LogP contribution in [0.15, 0.2) is 0 Å². The molecular formula is C16H32I. The Labute approximate surface area is 123 Å². The van der Waals surface area contributed by atoms with E-state index in [0.29, 0.717) is 0 Å². The molecule has 0 aliphatic rings. The first-order chi connectivity index (χ1) is 8.41. The molecule has 0 atom stereocenters. The zero-order chi connectivity index (χ0) is 12.6. The van der Waals surface area contributed by atoms with Gasteiger partial charge in [0.25, 0.3) is 0 Å². The Balaban J connectivity index is 2.85. The molecule has 0 bridgehead atoms. The van der Waals surface area contributed by atoms with Crippen LogP contribution in [0.1, 0.15) is 89.9 Å². The quantitative estimate of drug-likeness (QED) is 0.185. The van der Waals surface area contributed by atoms with Gasteiger partial charge in [0.15, 0.2) is 0 Å². The third-order valence-electron chi connectivity index (χ3n) is 3.38. The number of alkyl halides is 1. The van der Waals surface area contributed by atoms with Gasteiger partial charge in [-0.25, -0.2) is 0 Å². The molecular weight excluding hydrogens is 319 g/mol. The summed E-state index contributed by atoms with van der Waals surface area (Å²) in [4.78, 5) is 0. The minimum absolute atomic E-state index is 1.12. The third kappa shape index (κ3) is 16.7. The highest BCUT2D eigenvalue weighted by Crippen LogP contribution is 2.12. The Hall–Kier alpha value is 0.730. The standard InChI is InChI=1S/C16H32I/c1-2-3-4-5-6-7-8-9-10-11-12-13-14-15-16-17/h1-16H2. The molecule has 1 heteroatoms. The van der Waals surface area contributed by atoms with Gasteiger partial charge in [0.05, 0.1) is 0 Å². The van der Waals surface area contributed by atoms with E-state index in [1.807, 2.05) is 0 Å². The van der Waals surface area contributed by atoms with Gasteiger partial charge in [-0.3, -0.25) is 0 Å².